The molecule has 0 saturated carbocycles. The Morgan fingerprint density at radius 3 is 2.63 bits per heavy atom. The normalized spacial score (nSPS) is 11.3. The first-order valence-electron chi connectivity index (χ1n) is 9.45. The molecule has 0 aliphatic rings. The number of pyridine rings is 1. The number of anilines is 1. The first kappa shape index (κ1) is 18.9. The molecule has 0 bridgehead atoms. The molecule has 0 atom stereocenters. The number of nitrogens with zero attached hydrogens (tertiary/aromatic N) is 1. The molecular formula is C24H17ClN2O2S. The van der Waals surface area contributed by atoms with E-state index in [9.17, 15) is 4.79 Å². The van der Waals surface area contributed by atoms with Crippen LogP contribution >= 0.6 is 22.9 Å². The van der Waals surface area contributed by atoms with Gasteiger partial charge in [0.2, 0.25) is 0 Å². The molecule has 2 aromatic heterocycles. The van der Waals surface area contributed by atoms with Gasteiger partial charge < -0.3 is 10.1 Å². The van der Waals surface area contributed by atoms with Crippen molar-refractivity contribution in [3.05, 3.63) is 87.5 Å². The molecule has 0 aliphatic carbocycles. The van der Waals surface area contributed by atoms with Gasteiger partial charge in [-0.1, -0.05) is 35.9 Å². The van der Waals surface area contributed by atoms with Gasteiger partial charge in [-0.3, -0.25) is 4.79 Å². The smallest absolute Gasteiger partial charge is 0.196 e. The number of aromatic nitrogens is 1. The number of ether oxygens (including phenoxy) is 1. The van der Waals surface area contributed by atoms with E-state index in [4.69, 9.17) is 21.3 Å². The van der Waals surface area contributed by atoms with Crippen LogP contribution in [0.15, 0.2) is 71.5 Å². The zero-order valence-electron chi connectivity index (χ0n) is 16.1. The molecule has 0 amide bonds. The minimum Gasteiger partial charge on any atom is -0.497 e. The van der Waals surface area contributed by atoms with Crippen molar-refractivity contribution >= 4 is 59.8 Å². The van der Waals surface area contributed by atoms with Crippen molar-refractivity contribution in [1.82, 2.24) is 4.98 Å². The summed E-state index contributed by atoms with van der Waals surface area (Å²) < 4.78 is 7.00. The van der Waals surface area contributed by atoms with Crippen LogP contribution in [0.5, 0.6) is 5.75 Å². The highest BCUT2D eigenvalue weighted by molar-refractivity contribution is 7.25. The number of benzene rings is 3. The summed E-state index contributed by atoms with van der Waals surface area (Å²) in [6.45, 7) is 0.582. The summed E-state index contributed by atoms with van der Waals surface area (Å²) in [4.78, 5) is 18.2. The van der Waals surface area contributed by atoms with Gasteiger partial charge >= 0.3 is 0 Å². The number of nitrogens with one attached hydrogen (secondary N) is 1. The summed E-state index contributed by atoms with van der Waals surface area (Å²) in [6.07, 6.45) is 0. The Bertz CT molecular complexity index is 1460. The standard InChI is InChI=1S/C24H17ClN2O2S/c1-29-16-9-6-14(7-10-16)13-26-24-23-21(18-12-15(25)8-11-19(18)27-24)22(28)17-4-2-3-5-20(17)30-23/h2-12H,13H2,1H3,(H,26,27). The van der Waals surface area contributed by atoms with E-state index in [1.807, 2.05) is 60.7 Å². The number of rotatable bonds is 4. The lowest BCUT2D eigenvalue weighted by Crippen LogP contribution is -2.07. The van der Waals surface area contributed by atoms with Crippen molar-refractivity contribution in [3.63, 3.8) is 0 Å². The molecule has 1 N–H and O–H groups in total. The third kappa shape index (κ3) is 3.26. The van der Waals surface area contributed by atoms with Crippen molar-refractivity contribution in [1.29, 1.82) is 0 Å². The maximum absolute atomic E-state index is 13.4. The molecule has 0 radical (unpaired) electrons. The lowest BCUT2D eigenvalue weighted by Gasteiger charge is -2.12. The number of methoxy groups -OCH3 is 1. The number of halogens is 1. The molecule has 0 aliphatic heterocycles. The average Bonchev–Trinajstić information content (AvgIpc) is 2.78. The van der Waals surface area contributed by atoms with Crippen molar-refractivity contribution in [2.24, 2.45) is 0 Å². The molecule has 2 heterocycles. The van der Waals surface area contributed by atoms with E-state index < -0.39 is 0 Å². The van der Waals surface area contributed by atoms with Gasteiger partial charge in [-0.15, -0.1) is 11.3 Å². The van der Waals surface area contributed by atoms with Crippen LogP contribution in [0.25, 0.3) is 31.1 Å². The molecule has 5 aromatic rings. The summed E-state index contributed by atoms with van der Waals surface area (Å²) >= 11 is 7.81. The van der Waals surface area contributed by atoms with Crippen LogP contribution in [-0.2, 0) is 6.54 Å². The molecule has 0 fully saturated rings. The van der Waals surface area contributed by atoms with E-state index in [0.717, 1.165) is 31.6 Å². The monoisotopic (exact) mass is 432 g/mol. The first-order chi connectivity index (χ1) is 14.6. The maximum Gasteiger partial charge on any atom is 0.196 e. The topological polar surface area (TPSA) is 51.2 Å². The zero-order valence-corrected chi connectivity index (χ0v) is 17.7. The van der Waals surface area contributed by atoms with E-state index in [1.54, 1.807) is 24.5 Å². The van der Waals surface area contributed by atoms with E-state index in [0.29, 0.717) is 28.2 Å². The Morgan fingerprint density at radius 2 is 1.83 bits per heavy atom. The second kappa shape index (κ2) is 7.59. The van der Waals surface area contributed by atoms with Crippen LogP contribution in [-0.4, -0.2) is 12.1 Å². The molecule has 0 spiro atoms. The van der Waals surface area contributed by atoms with Gasteiger partial charge in [0.05, 0.1) is 22.7 Å². The van der Waals surface area contributed by atoms with E-state index in [1.165, 1.54) is 0 Å². The third-order valence-electron chi connectivity index (χ3n) is 5.09. The van der Waals surface area contributed by atoms with Crippen LogP contribution in [0.3, 0.4) is 0 Å². The van der Waals surface area contributed by atoms with Gasteiger partial charge in [0.1, 0.15) is 11.6 Å². The molecule has 4 nitrogen and oxygen atoms in total. The van der Waals surface area contributed by atoms with Crippen LogP contribution in [0.4, 0.5) is 5.82 Å². The predicted molar refractivity (Wildman–Crippen MR) is 126 cm³/mol. The summed E-state index contributed by atoms with van der Waals surface area (Å²) in [6, 6.07) is 21.0. The molecule has 0 unspecified atom stereocenters. The van der Waals surface area contributed by atoms with Crippen LogP contribution in [0, 0.1) is 0 Å². The summed E-state index contributed by atoms with van der Waals surface area (Å²) in [5.41, 5.74) is 1.83. The summed E-state index contributed by atoms with van der Waals surface area (Å²) in [5.74, 6) is 1.51. The minimum absolute atomic E-state index is 0.00140. The average molecular weight is 433 g/mol. The van der Waals surface area contributed by atoms with Crippen LogP contribution in [0.2, 0.25) is 5.02 Å². The maximum atomic E-state index is 13.4. The van der Waals surface area contributed by atoms with E-state index in [-0.39, 0.29) is 5.43 Å². The fourth-order valence-corrected chi connectivity index (χ4v) is 4.91. The minimum atomic E-state index is 0.00140. The van der Waals surface area contributed by atoms with Crippen molar-refractivity contribution in [2.75, 3.05) is 12.4 Å². The quantitative estimate of drug-likeness (QED) is 0.270. The Labute approximate surface area is 181 Å². The van der Waals surface area contributed by atoms with Gasteiger partial charge in [-0.05, 0) is 48.0 Å². The molecule has 3 aromatic carbocycles. The van der Waals surface area contributed by atoms with E-state index in [2.05, 4.69) is 5.32 Å². The zero-order chi connectivity index (χ0) is 20.7. The highest BCUT2D eigenvalue weighted by Gasteiger charge is 2.15. The van der Waals surface area contributed by atoms with Crippen molar-refractivity contribution in [3.8, 4) is 5.75 Å². The molecule has 0 saturated heterocycles. The fourth-order valence-electron chi connectivity index (χ4n) is 3.58. The predicted octanol–water partition coefficient (Wildman–Crippen LogP) is 6.24. The first-order valence-corrected chi connectivity index (χ1v) is 10.6. The van der Waals surface area contributed by atoms with Crippen LogP contribution in [0.1, 0.15) is 5.56 Å². The van der Waals surface area contributed by atoms with Crippen molar-refractivity contribution < 1.29 is 4.74 Å². The Kier molecular flexibility index (Phi) is 4.77. The molecule has 6 heteroatoms. The van der Waals surface area contributed by atoms with Crippen LogP contribution < -0.4 is 15.5 Å². The van der Waals surface area contributed by atoms with Gasteiger partial charge in [0, 0.05) is 27.0 Å². The fraction of sp³-hybridized carbons (Fsp3) is 0.0833. The van der Waals surface area contributed by atoms with E-state index >= 15 is 0 Å². The number of hydrogen-bond acceptors (Lipinski definition) is 5. The Balaban J connectivity index is 1.71. The van der Waals surface area contributed by atoms with Gasteiger partial charge in [0.15, 0.2) is 5.43 Å². The third-order valence-corrected chi connectivity index (χ3v) is 6.50. The summed E-state index contributed by atoms with van der Waals surface area (Å²) in [5, 5.41) is 6.16. The number of hydrogen-bond donors (Lipinski definition) is 1. The van der Waals surface area contributed by atoms with Crippen molar-refractivity contribution in [2.45, 2.75) is 6.54 Å². The largest absolute Gasteiger partial charge is 0.497 e. The second-order valence-electron chi connectivity index (χ2n) is 6.95. The highest BCUT2D eigenvalue weighted by atomic mass is 35.5. The summed E-state index contributed by atoms with van der Waals surface area (Å²) in [7, 11) is 1.65. The van der Waals surface area contributed by atoms with Gasteiger partial charge in [-0.2, -0.15) is 0 Å². The lowest BCUT2D eigenvalue weighted by atomic mass is 10.1. The molecular weight excluding hydrogens is 416 g/mol. The Hall–Kier alpha value is -3.15. The highest BCUT2D eigenvalue weighted by Crippen LogP contribution is 2.35. The van der Waals surface area contributed by atoms with Gasteiger partial charge in [-0.25, -0.2) is 4.98 Å². The molecule has 5 rings (SSSR count). The molecule has 30 heavy (non-hydrogen) atoms. The Morgan fingerprint density at radius 1 is 1.03 bits per heavy atom. The second-order valence-corrected chi connectivity index (χ2v) is 8.44. The SMILES string of the molecule is COc1ccc(CNc2nc3ccc(Cl)cc3c3c(=O)c4ccccc4sc23)cc1. The molecule has 148 valence electrons. The van der Waals surface area contributed by atoms with Gasteiger partial charge in [0.25, 0.3) is 0 Å². The number of fused-ring (bicyclic) bond motifs is 4. The lowest BCUT2D eigenvalue weighted by molar-refractivity contribution is 0.414.